The summed E-state index contributed by atoms with van der Waals surface area (Å²) < 4.78 is 5.03. The molecule has 1 fully saturated rings. The number of ether oxygens (including phenoxy) is 1. The first-order valence-electron chi connectivity index (χ1n) is 7.02. The lowest BCUT2D eigenvalue weighted by Crippen LogP contribution is -2.24. The number of anilines is 1. The molecule has 3 rings (SSSR count). The molecule has 0 bridgehead atoms. The molecule has 0 aromatic heterocycles. The van der Waals surface area contributed by atoms with Crippen LogP contribution < -0.4 is 4.90 Å². The fourth-order valence-corrected chi connectivity index (χ4v) is 2.83. The Labute approximate surface area is 133 Å². The highest BCUT2D eigenvalue weighted by Gasteiger charge is 2.26. The number of carbonyl (C=O) groups is 1. The maximum atomic E-state index is 11.9. The lowest BCUT2D eigenvalue weighted by molar-refractivity contribution is 0.181. The van der Waals surface area contributed by atoms with Crippen molar-refractivity contribution in [2.45, 2.75) is 13.8 Å². The molecule has 2 aromatic carbocycles. The molecule has 1 N–H and O–H groups in total. The largest absolute Gasteiger partial charge is 0.506 e. The van der Waals surface area contributed by atoms with E-state index in [1.165, 1.54) is 0 Å². The van der Waals surface area contributed by atoms with Gasteiger partial charge in [0.15, 0.2) is 0 Å². The van der Waals surface area contributed by atoms with E-state index in [4.69, 9.17) is 16.3 Å². The summed E-state index contributed by atoms with van der Waals surface area (Å²) in [4.78, 5) is 13.5. The highest BCUT2D eigenvalue weighted by molar-refractivity contribution is 6.32. The van der Waals surface area contributed by atoms with Gasteiger partial charge in [-0.3, -0.25) is 4.90 Å². The Morgan fingerprint density at radius 3 is 2.64 bits per heavy atom. The van der Waals surface area contributed by atoms with Gasteiger partial charge in [-0.25, -0.2) is 4.79 Å². The van der Waals surface area contributed by atoms with Gasteiger partial charge in [0.25, 0.3) is 0 Å². The van der Waals surface area contributed by atoms with E-state index >= 15 is 0 Å². The van der Waals surface area contributed by atoms with Gasteiger partial charge in [-0.05, 0) is 49.2 Å². The van der Waals surface area contributed by atoms with Crippen LogP contribution in [0.15, 0.2) is 30.3 Å². The number of aryl methyl sites for hydroxylation is 2. The second-order valence-electron chi connectivity index (χ2n) is 5.41. The van der Waals surface area contributed by atoms with Crippen LogP contribution in [0, 0.1) is 13.8 Å². The van der Waals surface area contributed by atoms with E-state index in [-0.39, 0.29) is 16.9 Å². The molecule has 2 aromatic rings. The number of cyclic esters (lactones) is 1. The molecule has 1 heterocycles. The first kappa shape index (κ1) is 14.7. The van der Waals surface area contributed by atoms with Gasteiger partial charge in [0.1, 0.15) is 12.4 Å². The van der Waals surface area contributed by atoms with Gasteiger partial charge >= 0.3 is 6.09 Å². The van der Waals surface area contributed by atoms with Crippen molar-refractivity contribution < 1.29 is 14.6 Å². The second-order valence-corrected chi connectivity index (χ2v) is 5.81. The number of carbonyl (C=O) groups excluding carboxylic acids is 1. The van der Waals surface area contributed by atoms with Crippen LogP contribution in [0.5, 0.6) is 5.75 Å². The molecule has 4 nitrogen and oxygen atoms in total. The van der Waals surface area contributed by atoms with E-state index in [2.05, 4.69) is 0 Å². The van der Waals surface area contributed by atoms with Crippen molar-refractivity contribution in [3.63, 3.8) is 0 Å². The summed E-state index contributed by atoms with van der Waals surface area (Å²) in [7, 11) is 0. The predicted octanol–water partition coefficient (Wildman–Crippen LogP) is 4.29. The third-order valence-electron chi connectivity index (χ3n) is 3.79. The lowest BCUT2D eigenvalue weighted by Gasteiger charge is -2.19. The van der Waals surface area contributed by atoms with Gasteiger partial charge in [0, 0.05) is 5.56 Å². The summed E-state index contributed by atoms with van der Waals surface area (Å²) >= 11 is 6.06. The van der Waals surface area contributed by atoms with Crippen molar-refractivity contribution in [3.8, 4) is 16.9 Å². The first-order valence-corrected chi connectivity index (χ1v) is 7.39. The topological polar surface area (TPSA) is 49.8 Å². The lowest BCUT2D eigenvalue weighted by atomic mass is 9.96. The maximum Gasteiger partial charge on any atom is 0.414 e. The molecule has 1 aliphatic heterocycles. The fraction of sp³-hybridized carbons (Fsp3) is 0.235. The Balaban J connectivity index is 2.20. The van der Waals surface area contributed by atoms with Gasteiger partial charge in [-0.1, -0.05) is 23.2 Å². The third-order valence-corrected chi connectivity index (χ3v) is 4.09. The Morgan fingerprint density at radius 1 is 1.18 bits per heavy atom. The van der Waals surface area contributed by atoms with E-state index in [1.54, 1.807) is 17.0 Å². The Kier molecular flexibility index (Phi) is 3.71. The van der Waals surface area contributed by atoms with Crippen molar-refractivity contribution in [3.05, 3.63) is 46.5 Å². The molecule has 1 amide bonds. The SMILES string of the molecule is Cc1ccc(N2CCOC2=O)c(-c2cc(Cl)c(O)cc2C)c1. The molecule has 5 heteroatoms. The van der Waals surface area contributed by atoms with Crippen LogP contribution in [0.3, 0.4) is 0 Å². The number of phenolic OH excluding ortho intramolecular Hbond substituents is 1. The molecule has 0 atom stereocenters. The van der Waals surface area contributed by atoms with Gasteiger partial charge < -0.3 is 9.84 Å². The molecular weight excluding hydrogens is 302 g/mol. The zero-order valence-electron chi connectivity index (χ0n) is 12.4. The van der Waals surface area contributed by atoms with E-state index in [0.717, 1.165) is 27.9 Å². The molecule has 22 heavy (non-hydrogen) atoms. The van der Waals surface area contributed by atoms with Crippen molar-refractivity contribution in [2.75, 3.05) is 18.1 Å². The van der Waals surface area contributed by atoms with Crippen LogP contribution in [-0.2, 0) is 4.74 Å². The van der Waals surface area contributed by atoms with Gasteiger partial charge in [-0.2, -0.15) is 0 Å². The summed E-state index contributed by atoms with van der Waals surface area (Å²) in [5, 5.41) is 10.0. The third kappa shape index (κ3) is 2.50. The molecule has 1 saturated heterocycles. The van der Waals surface area contributed by atoms with E-state index < -0.39 is 0 Å². The molecule has 114 valence electrons. The Hall–Kier alpha value is -2.20. The van der Waals surface area contributed by atoms with Gasteiger partial charge in [0.2, 0.25) is 0 Å². The van der Waals surface area contributed by atoms with Gasteiger partial charge in [-0.15, -0.1) is 0 Å². The highest BCUT2D eigenvalue weighted by atomic mass is 35.5. The average Bonchev–Trinajstić information content (AvgIpc) is 2.89. The summed E-state index contributed by atoms with van der Waals surface area (Å²) in [5.41, 5.74) is 4.55. The van der Waals surface area contributed by atoms with Crippen molar-refractivity contribution in [2.24, 2.45) is 0 Å². The molecule has 0 saturated carbocycles. The number of hydrogen-bond donors (Lipinski definition) is 1. The van der Waals surface area contributed by atoms with E-state index in [0.29, 0.717) is 13.2 Å². The minimum absolute atomic E-state index is 0.0534. The minimum atomic E-state index is -0.340. The standard InChI is InChI=1S/C17H16ClNO3/c1-10-3-4-15(19-5-6-22-17(19)21)13(7-10)12-9-14(18)16(20)8-11(12)2/h3-4,7-9,20H,5-6H2,1-2H3. The average molecular weight is 318 g/mol. The van der Waals surface area contributed by atoms with E-state index in [1.807, 2.05) is 32.0 Å². The smallest absolute Gasteiger partial charge is 0.414 e. The number of halogens is 1. The normalized spacial score (nSPS) is 14.3. The molecule has 0 aliphatic carbocycles. The predicted molar refractivity (Wildman–Crippen MR) is 86.7 cm³/mol. The summed E-state index contributed by atoms with van der Waals surface area (Å²) in [5.74, 6) is 0.0534. The van der Waals surface area contributed by atoms with Crippen molar-refractivity contribution in [1.29, 1.82) is 0 Å². The second kappa shape index (κ2) is 5.54. The molecule has 0 spiro atoms. The summed E-state index contributed by atoms with van der Waals surface area (Å²) in [6.07, 6.45) is -0.340. The summed E-state index contributed by atoms with van der Waals surface area (Å²) in [6, 6.07) is 9.24. The molecule has 1 aliphatic rings. The zero-order valence-corrected chi connectivity index (χ0v) is 13.1. The Morgan fingerprint density at radius 2 is 1.95 bits per heavy atom. The fourth-order valence-electron chi connectivity index (χ4n) is 2.67. The van der Waals surface area contributed by atoms with Crippen LogP contribution in [-0.4, -0.2) is 24.4 Å². The van der Waals surface area contributed by atoms with Crippen LogP contribution in [0.1, 0.15) is 11.1 Å². The number of benzene rings is 2. The first-order chi connectivity index (χ1) is 10.5. The Bertz CT molecular complexity index is 758. The molecular formula is C17H16ClNO3. The minimum Gasteiger partial charge on any atom is -0.506 e. The van der Waals surface area contributed by atoms with Crippen molar-refractivity contribution in [1.82, 2.24) is 0 Å². The maximum absolute atomic E-state index is 11.9. The monoisotopic (exact) mass is 317 g/mol. The number of phenols is 1. The molecule has 0 unspecified atom stereocenters. The number of amides is 1. The summed E-state index contributed by atoms with van der Waals surface area (Å²) in [6.45, 7) is 4.81. The van der Waals surface area contributed by atoms with Crippen LogP contribution in [0.4, 0.5) is 10.5 Å². The number of hydrogen-bond acceptors (Lipinski definition) is 3. The van der Waals surface area contributed by atoms with Crippen LogP contribution >= 0.6 is 11.6 Å². The van der Waals surface area contributed by atoms with Crippen LogP contribution in [0.25, 0.3) is 11.1 Å². The number of nitrogens with zero attached hydrogens (tertiary/aromatic N) is 1. The molecule has 0 radical (unpaired) electrons. The highest BCUT2D eigenvalue weighted by Crippen LogP contribution is 2.38. The van der Waals surface area contributed by atoms with Crippen molar-refractivity contribution >= 4 is 23.4 Å². The van der Waals surface area contributed by atoms with Crippen LogP contribution in [0.2, 0.25) is 5.02 Å². The number of rotatable bonds is 2. The number of aromatic hydroxyl groups is 1. The quantitative estimate of drug-likeness (QED) is 0.899. The zero-order chi connectivity index (χ0) is 15.9. The van der Waals surface area contributed by atoms with Gasteiger partial charge in [0.05, 0.1) is 17.3 Å². The van der Waals surface area contributed by atoms with E-state index in [9.17, 15) is 9.90 Å².